The molecular weight excluding hydrogens is 258 g/mol. The van der Waals surface area contributed by atoms with Gasteiger partial charge in [0.2, 0.25) is 0 Å². The minimum atomic E-state index is 0.548. The molecule has 5 heteroatoms. The molecule has 1 aromatic carbocycles. The minimum Gasteiger partial charge on any atom is -0.431 e. The standard InChI is InChI=1S/C12H12ClNO2S/c13-8-1-2-11-10(7-8)14-12(16-11)17-9-3-5-15-6-4-9/h1-2,7,9H,3-6H2. The van der Waals surface area contributed by atoms with E-state index in [1.165, 1.54) is 0 Å². The molecular formula is C12H12ClNO2S. The number of benzene rings is 1. The lowest BCUT2D eigenvalue weighted by atomic mass is 10.2. The molecule has 90 valence electrons. The maximum Gasteiger partial charge on any atom is 0.257 e. The molecule has 0 N–H and O–H groups in total. The molecule has 3 rings (SSSR count). The molecule has 2 aromatic rings. The third-order valence-electron chi connectivity index (χ3n) is 2.77. The molecule has 0 aliphatic carbocycles. The predicted octanol–water partition coefficient (Wildman–Crippen LogP) is 3.75. The average molecular weight is 270 g/mol. The van der Waals surface area contributed by atoms with E-state index in [0.29, 0.717) is 10.3 Å². The topological polar surface area (TPSA) is 35.3 Å². The lowest BCUT2D eigenvalue weighted by Gasteiger charge is -2.19. The van der Waals surface area contributed by atoms with Crippen LogP contribution < -0.4 is 0 Å². The maximum atomic E-state index is 5.91. The average Bonchev–Trinajstić information content (AvgIpc) is 2.71. The van der Waals surface area contributed by atoms with E-state index < -0.39 is 0 Å². The number of ether oxygens (including phenoxy) is 1. The van der Waals surface area contributed by atoms with Crippen LogP contribution in [-0.4, -0.2) is 23.4 Å². The number of hydrogen-bond acceptors (Lipinski definition) is 4. The van der Waals surface area contributed by atoms with Crippen LogP contribution in [-0.2, 0) is 4.74 Å². The molecule has 0 radical (unpaired) electrons. The number of nitrogens with zero attached hydrogens (tertiary/aromatic N) is 1. The Morgan fingerprint density at radius 2 is 2.12 bits per heavy atom. The van der Waals surface area contributed by atoms with Crippen LogP contribution in [0.2, 0.25) is 5.02 Å². The zero-order chi connectivity index (χ0) is 11.7. The van der Waals surface area contributed by atoms with Crippen molar-refractivity contribution in [2.24, 2.45) is 0 Å². The molecule has 1 aliphatic rings. The van der Waals surface area contributed by atoms with Gasteiger partial charge in [-0.25, -0.2) is 4.98 Å². The Morgan fingerprint density at radius 3 is 2.94 bits per heavy atom. The van der Waals surface area contributed by atoms with Crippen LogP contribution in [0, 0.1) is 0 Å². The lowest BCUT2D eigenvalue weighted by Crippen LogP contribution is -2.17. The smallest absolute Gasteiger partial charge is 0.257 e. The van der Waals surface area contributed by atoms with Crippen molar-refractivity contribution in [3.63, 3.8) is 0 Å². The largest absolute Gasteiger partial charge is 0.431 e. The molecule has 1 aliphatic heterocycles. The first kappa shape index (κ1) is 11.4. The fraction of sp³-hybridized carbons (Fsp3) is 0.417. The highest BCUT2D eigenvalue weighted by Gasteiger charge is 2.18. The Balaban J connectivity index is 1.80. The molecule has 1 fully saturated rings. The van der Waals surface area contributed by atoms with Gasteiger partial charge in [0.1, 0.15) is 5.52 Å². The fourth-order valence-corrected chi connectivity index (χ4v) is 3.03. The van der Waals surface area contributed by atoms with Crippen LogP contribution >= 0.6 is 23.4 Å². The summed E-state index contributed by atoms with van der Waals surface area (Å²) in [7, 11) is 0. The molecule has 0 amide bonds. The summed E-state index contributed by atoms with van der Waals surface area (Å²) in [4.78, 5) is 4.44. The van der Waals surface area contributed by atoms with E-state index in [-0.39, 0.29) is 0 Å². The third-order valence-corrected chi connectivity index (χ3v) is 4.18. The monoisotopic (exact) mass is 269 g/mol. The first-order chi connectivity index (χ1) is 8.31. The van der Waals surface area contributed by atoms with Crippen molar-refractivity contribution in [1.29, 1.82) is 0 Å². The molecule has 0 saturated carbocycles. The normalized spacial score (nSPS) is 17.7. The summed E-state index contributed by atoms with van der Waals surface area (Å²) in [6, 6.07) is 5.51. The van der Waals surface area contributed by atoms with Crippen molar-refractivity contribution in [1.82, 2.24) is 4.98 Å². The highest BCUT2D eigenvalue weighted by atomic mass is 35.5. The number of fused-ring (bicyclic) bond motifs is 1. The van der Waals surface area contributed by atoms with Crippen molar-refractivity contribution in [3.8, 4) is 0 Å². The van der Waals surface area contributed by atoms with Crippen LogP contribution in [0.4, 0.5) is 0 Å². The Kier molecular flexibility index (Phi) is 3.27. The highest BCUT2D eigenvalue weighted by molar-refractivity contribution is 7.99. The SMILES string of the molecule is Clc1ccc2oc(SC3CCOCC3)nc2c1. The van der Waals surface area contributed by atoms with Gasteiger partial charge in [-0.15, -0.1) is 0 Å². The van der Waals surface area contributed by atoms with E-state index in [9.17, 15) is 0 Å². The summed E-state index contributed by atoms with van der Waals surface area (Å²) in [5.41, 5.74) is 1.62. The zero-order valence-corrected chi connectivity index (χ0v) is 10.8. The second kappa shape index (κ2) is 4.88. The molecule has 0 unspecified atom stereocenters. The molecule has 1 aromatic heterocycles. The van der Waals surface area contributed by atoms with Crippen LogP contribution in [0.25, 0.3) is 11.1 Å². The number of aromatic nitrogens is 1. The minimum absolute atomic E-state index is 0.548. The maximum absolute atomic E-state index is 5.91. The lowest BCUT2D eigenvalue weighted by molar-refractivity contribution is 0.0998. The summed E-state index contributed by atoms with van der Waals surface area (Å²) in [5, 5.41) is 1.97. The van der Waals surface area contributed by atoms with Gasteiger partial charge < -0.3 is 9.15 Å². The van der Waals surface area contributed by atoms with E-state index in [0.717, 1.165) is 42.4 Å². The highest BCUT2D eigenvalue weighted by Crippen LogP contribution is 2.31. The first-order valence-corrected chi connectivity index (χ1v) is 6.87. The van der Waals surface area contributed by atoms with Gasteiger partial charge in [0, 0.05) is 23.5 Å². The van der Waals surface area contributed by atoms with Gasteiger partial charge in [-0.3, -0.25) is 0 Å². The summed E-state index contributed by atoms with van der Waals surface area (Å²) in [6.07, 6.45) is 2.12. The summed E-state index contributed by atoms with van der Waals surface area (Å²) >= 11 is 7.61. The molecule has 1 saturated heterocycles. The van der Waals surface area contributed by atoms with E-state index in [1.807, 2.05) is 18.2 Å². The van der Waals surface area contributed by atoms with Gasteiger partial charge in [-0.05, 0) is 31.0 Å². The predicted molar refractivity (Wildman–Crippen MR) is 68.7 cm³/mol. The summed E-state index contributed by atoms with van der Waals surface area (Å²) in [6.45, 7) is 1.67. The van der Waals surface area contributed by atoms with E-state index >= 15 is 0 Å². The molecule has 17 heavy (non-hydrogen) atoms. The van der Waals surface area contributed by atoms with Crippen molar-refractivity contribution >= 4 is 34.5 Å². The second-order valence-electron chi connectivity index (χ2n) is 4.02. The van der Waals surface area contributed by atoms with E-state index in [2.05, 4.69) is 4.98 Å². The molecule has 0 atom stereocenters. The molecule has 0 bridgehead atoms. The molecule has 2 heterocycles. The van der Waals surface area contributed by atoms with Crippen molar-refractivity contribution in [2.75, 3.05) is 13.2 Å². The molecule has 0 spiro atoms. The summed E-state index contributed by atoms with van der Waals surface area (Å²) < 4.78 is 11.0. The number of oxazole rings is 1. The zero-order valence-electron chi connectivity index (χ0n) is 9.19. The Bertz CT molecular complexity index is 522. The second-order valence-corrected chi connectivity index (χ2v) is 5.71. The quantitative estimate of drug-likeness (QED) is 0.832. The number of hydrogen-bond donors (Lipinski definition) is 0. The van der Waals surface area contributed by atoms with E-state index in [1.54, 1.807) is 11.8 Å². The van der Waals surface area contributed by atoms with Gasteiger partial charge >= 0.3 is 0 Å². The van der Waals surface area contributed by atoms with Gasteiger partial charge in [0.05, 0.1) is 0 Å². The number of halogens is 1. The van der Waals surface area contributed by atoms with Crippen LogP contribution in [0.3, 0.4) is 0 Å². The Hall–Kier alpha value is -0.710. The van der Waals surface area contributed by atoms with Gasteiger partial charge in [0.25, 0.3) is 5.22 Å². The van der Waals surface area contributed by atoms with E-state index in [4.69, 9.17) is 20.8 Å². The van der Waals surface area contributed by atoms with Gasteiger partial charge in [-0.2, -0.15) is 0 Å². The van der Waals surface area contributed by atoms with Crippen LogP contribution in [0.1, 0.15) is 12.8 Å². The first-order valence-electron chi connectivity index (χ1n) is 5.62. The molecule has 3 nitrogen and oxygen atoms in total. The number of thioether (sulfide) groups is 1. The summed E-state index contributed by atoms with van der Waals surface area (Å²) in [5.74, 6) is 0. The Morgan fingerprint density at radius 1 is 1.29 bits per heavy atom. The van der Waals surface area contributed by atoms with Crippen LogP contribution in [0.5, 0.6) is 0 Å². The fourth-order valence-electron chi connectivity index (χ4n) is 1.87. The van der Waals surface area contributed by atoms with Crippen molar-refractivity contribution < 1.29 is 9.15 Å². The Labute approximate surface area is 108 Å². The number of rotatable bonds is 2. The van der Waals surface area contributed by atoms with Crippen molar-refractivity contribution in [2.45, 2.75) is 23.3 Å². The van der Waals surface area contributed by atoms with Crippen molar-refractivity contribution in [3.05, 3.63) is 23.2 Å². The van der Waals surface area contributed by atoms with Gasteiger partial charge in [-0.1, -0.05) is 23.4 Å². The van der Waals surface area contributed by atoms with Gasteiger partial charge in [0.15, 0.2) is 5.58 Å². The third kappa shape index (κ3) is 2.59. The van der Waals surface area contributed by atoms with Crippen LogP contribution in [0.15, 0.2) is 27.8 Å².